The summed E-state index contributed by atoms with van der Waals surface area (Å²) >= 11 is 1.72. The Kier molecular flexibility index (Phi) is 5.23. The lowest BCUT2D eigenvalue weighted by molar-refractivity contribution is -0.135. The summed E-state index contributed by atoms with van der Waals surface area (Å²) in [5.41, 5.74) is 7.40. The molecule has 4 heteroatoms. The molecule has 26 heavy (non-hydrogen) atoms. The minimum Gasteiger partial charge on any atom is -0.481 e. The summed E-state index contributed by atoms with van der Waals surface area (Å²) in [6.07, 6.45) is 4.26. The van der Waals surface area contributed by atoms with Gasteiger partial charge in [-0.25, -0.2) is 0 Å². The van der Waals surface area contributed by atoms with Crippen LogP contribution < -0.4 is 4.90 Å². The van der Waals surface area contributed by atoms with Crippen molar-refractivity contribution in [3.05, 3.63) is 64.7 Å². The Hall–Kier alpha value is -2.46. The highest BCUT2D eigenvalue weighted by atomic mass is 32.2. The van der Waals surface area contributed by atoms with E-state index in [1.165, 1.54) is 4.90 Å². The summed E-state index contributed by atoms with van der Waals surface area (Å²) in [5.74, 6) is -0.800. The Morgan fingerprint density at radius 3 is 2.38 bits per heavy atom. The number of carboxylic acids is 1. The Balaban J connectivity index is 2.12. The van der Waals surface area contributed by atoms with E-state index in [2.05, 4.69) is 54.8 Å². The number of anilines is 1. The summed E-state index contributed by atoms with van der Waals surface area (Å²) < 4.78 is 0. The number of fused-ring (bicyclic) bond motifs is 1. The van der Waals surface area contributed by atoms with E-state index in [4.69, 9.17) is 0 Å². The second-order valence-electron chi connectivity index (χ2n) is 6.63. The molecule has 0 atom stereocenters. The van der Waals surface area contributed by atoms with Crippen LogP contribution in [0, 0.1) is 0 Å². The number of carboxylic acid groups (broad SMARTS) is 1. The number of hydrogen-bond donors (Lipinski definition) is 1. The molecule has 1 aliphatic carbocycles. The molecule has 0 aromatic heterocycles. The molecule has 0 saturated carbocycles. The fourth-order valence-electron chi connectivity index (χ4n) is 3.29. The van der Waals surface area contributed by atoms with E-state index in [-0.39, 0.29) is 6.42 Å². The van der Waals surface area contributed by atoms with Crippen LogP contribution in [0.1, 0.15) is 30.0 Å². The second kappa shape index (κ2) is 7.42. The Labute approximate surface area is 159 Å². The first-order chi connectivity index (χ1) is 12.4. The average Bonchev–Trinajstić information content (AvgIpc) is 2.87. The van der Waals surface area contributed by atoms with Crippen molar-refractivity contribution in [1.29, 1.82) is 0 Å². The van der Waals surface area contributed by atoms with Crippen LogP contribution in [-0.4, -0.2) is 31.4 Å². The lowest BCUT2D eigenvalue weighted by Gasteiger charge is -2.15. The van der Waals surface area contributed by atoms with Gasteiger partial charge in [-0.1, -0.05) is 18.2 Å². The van der Waals surface area contributed by atoms with Gasteiger partial charge in [0.15, 0.2) is 0 Å². The monoisotopic (exact) mass is 365 g/mol. The molecule has 0 fully saturated rings. The van der Waals surface area contributed by atoms with Gasteiger partial charge in [-0.15, -0.1) is 11.8 Å². The van der Waals surface area contributed by atoms with Crippen LogP contribution in [0.15, 0.2) is 52.9 Å². The van der Waals surface area contributed by atoms with E-state index in [1.807, 2.05) is 25.9 Å². The molecule has 1 N–H and O–H groups in total. The Bertz CT molecular complexity index is 908. The van der Waals surface area contributed by atoms with Crippen LogP contribution in [0.5, 0.6) is 0 Å². The lowest BCUT2D eigenvalue weighted by atomic mass is 10.00. The number of benzene rings is 2. The zero-order valence-corrected chi connectivity index (χ0v) is 16.4. The van der Waals surface area contributed by atoms with Gasteiger partial charge in [0.2, 0.25) is 0 Å². The van der Waals surface area contributed by atoms with Crippen molar-refractivity contribution >= 4 is 40.6 Å². The van der Waals surface area contributed by atoms with Crippen LogP contribution in [0.25, 0.3) is 17.2 Å². The van der Waals surface area contributed by atoms with E-state index >= 15 is 0 Å². The molecule has 0 bridgehead atoms. The molecule has 0 aliphatic heterocycles. The highest BCUT2D eigenvalue weighted by Gasteiger charge is 2.25. The summed E-state index contributed by atoms with van der Waals surface area (Å²) in [4.78, 5) is 14.7. The SMILES string of the molecule is CSc1ccc(C=C2C(C)=C(CC(=O)O)c3cc(N(C)C)ccc32)cc1. The first-order valence-electron chi connectivity index (χ1n) is 8.50. The molecule has 1 aliphatic rings. The van der Waals surface area contributed by atoms with Crippen molar-refractivity contribution in [2.24, 2.45) is 0 Å². The highest BCUT2D eigenvalue weighted by Crippen LogP contribution is 2.44. The number of nitrogens with zero attached hydrogens (tertiary/aromatic N) is 1. The Morgan fingerprint density at radius 1 is 1.12 bits per heavy atom. The van der Waals surface area contributed by atoms with Gasteiger partial charge in [-0.3, -0.25) is 4.79 Å². The maximum atomic E-state index is 11.4. The maximum Gasteiger partial charge on any atom is 0.307 e. The van der Waals surface area contributed by atoms with Crippen molar-refractivity contribution in [1.82, 2.24) is 0 Å². The number of hydrogen-bond acceptors (Lipinski definition) is 3. The molecular formula is C22H23NO2S. The molecule has 0 radical (unpaired) electrons. The van der Waals surface area contributed by atoms with Crippen molar-refractivity contribution in [3.8, 4) is 0 Å². The summed E-state index contributed by atoms with van der Waals surface area (Å²) in [6, 6.07) is 14.7. The fraction of sp³-hybridized carbons (Fsp3) is 0.227. The van der Waals surface area contributed by atoms with E-state index < -0.39 is 5.97 Å². The minimum atomic E-state index is -0.800. The molecule has 0 saturated heterocycles. The zero-order chi connectivity index (χ0) is 18.8. The van der Waals surface area contributed by atoms with Crippen molar-refractivity contribution < 1.29 is 9.90 Å². The first-order valence-corrected chi connectivity index (χ1v) is 9.73. The molecule has 0 unspecified atom stereocenters. The molecule has 2 aromatic rings. The van der Waals surface area contributed by atoms with Crippen LogP contribution in [0.2, 0.25) is 0 Å². The molecule has 0 heterocycles. The van der Waals surface area contributed by atoms with Crippen LogP contribution in [0.3, 0.4) is 0 Å². The molecule has 0 spiro atoms. The summed E-state index contributed by atoms with van der Waals surface area (Å²) in [7, 11) is 3.99. The Morgan fingerprint density at radius 2 is 1.81 bits per heavy atom. The third kappa shape index (κ3) is 3.56. The lowest BCUT2D eigenvalue weighted by Crippen LogP contribution is -2.09. The van der Waals surface area contributed by atoms with Gasteiger partial charge in [-0.05, 0) is 76.9 Å². The standard InChI is InChI=1S/C22H23NO2S/c1-14-19(11-15-5-8-17(26-4)9-6-15)18-10-7-16(23(2)3)12-21(18)20(14)13-22(24)25/h5-12H,13H2,1-4H3,(H,24,25). The van der Waals surface area contributed by atoms with Gasteiger partial charge in [-0.2, -0.15) is 0 Å². The molecule has 0 amide bonds. The number of aliphatic carboxylic acids is 1. The number of thioether (sulfide) groups is 1. The average molecular weight is 365 g/mol. The predicted molar refractivity (Wildman–Crippen MR) is 112 cm³/mol. The van der Waals surface area contributed by atoms with E-state index in [0.29, 0.717) is 0 Å². The van der Waals surface area contributed by atoms with E-state index in [1.54, 1.807) is 11.8 Å². The third-order valence-electron chi connectivity index (χ3n) is 4.75. The van der Waals surface area contributed by atoms with Crippen molar-refractivity contribution in [3.63, 3.8) is 0 Å². The molecule has 3 nitrogen and oxygen atoms in total. The quantitative estimate of drug-likeness (QED) is 0.732. The fourth-order valence-corrected chi connectivity index (χ4v) is 3.70. The summed E-state index contributed by atoms with van der Waals surface area (Å²) in [6.45, 7) is 2.02. The predicted octanol–water partition coefficient (Wildman–Crippen LogP) is 5.28. The molecule has 3 rings (SSSR count). The molecule has 134 valence electrons. The smallest absolute Gasteiger partial charge is 0.307 e. The van der Waals surface area contributed by atoms with E-state index in [0.717, 1.165) is 39.1 Å². The molecule has 2 aromatic carbocycles. The van der Waals surface area contributed by atoms with Gasteiger partial charge in [0.05, 0.1) is 6.42 Å². The van der Waals surface area contributed by atoms with Crippen molar-refractivity contribution in [2.45, 2.75) is 18.2 Å². The normalized spacial score (nSPS) is 14.7. The van der Waals surface area contributed by atoms with Crippen LogP contribution >= 0.6 is 11.8 Å². The van der Waals surface area contributed by atoms with Crippen LogP contribution in [-0.2, 0) is 4.79 Å². The van der Waals surface area contributed by atoms with Gasteiger partial charge in [0, 0.05) is 24.7 Å². The first kappa shape index (κ1) is 18.3. The van der Waals surface area contributed by atoms with Gasteiger partial charge < -0.3 is 10.0 Å². The number of allylic oxidation sites excluding steroid dienone is 2. The zero-order valence-electron chi connectivity index (χ0n) is 15.5. The largest absolute Gasteiger partial charge is 0.481 e. The van der Waals surface area contributed by atoms with Gasteiger partial charge in [0.1, 0.15) is 0 Å². The molecular weight excluding hydrogens is 342 g/mol. The van der Waals surface area contributed by atoms with Crippen molar-refractivity contribution in [2.75, 3.05) is 25.3 Å². The number of carbonyl (C=O) groups is 1. The number of rotatable bonds is 5. The third-order valence-corrected chi connectivity index (χ3v) is 5.49. The van der Waals surface area contributed by atoms with Gasteiger partial charge in [0.25, 0.3) is 0 Å². The van der Waals surface area contributed by atoms with Crippen LogP contribution in [0.4, 0.5) is 5.69 Å². The second-order valence-corrected chi connectivity index (χ2v) is 7.51. The maximum absolute atomic E-state index is 11.4. The minimum absolute atomic E-state index is 0.0401. The summed E-state index contributed by atoms with van der Waals surface area (Å²) in [5, 5.41) is 9.36. The van der Waals surface area contributed by atoms with Gasteiger partial charge >= 0.3 is 5.97 Å². The topological polar surface area (TPSA) is 40.5 Å². The highest BCUT2D eigenvalue weighted by molar-refractivity contribution is 7.98. The van der Waals surface area contributed by atoms with E-state index in [9.17, 15) is 9.90 Å².